The van der Waals surface area contributed by atoms with Crippen LogP contribution in [0.4, 0.5) is 0 Å². The Balaban J connectivity index is 2.07. The topological polar surface area (TPSA) is 18.5 Å². The molecule has 0 spiro atoms. The molecule has 0 radical (unpaired) electrons. The summed E-state index contributed by atoms with van der Waals surface area (Å²) in [6.45, 7) is 8.17. The summed E-state index contributed by atoms with van der Waals surface area (Å²) >= 11 is 0. The number of hydrogen-bond acceptors (Lipinski definition) is 2. The van der Waals surface area contributed by atoms with Crippen LogP contribution in [0.25, 0.3) is 21.5 Å². The Morgan fingerprint density at radius 1 is 0.591 bits per heavy atom. The molecule has 3 rings (SSSR count). The van der Waals surface area contributed by atoms with Crippen LogP contribution in [0.2, 0.25) is 0 Å². The van der Waals surface area contributed by atoms with Gasteiger partial charge in [-0.3, -0.25) is 0 Å². The predicted molar refractivity (Wildman–Crippen MR) is 93.0 cm³/mol. The van der Waals surface area contributed by atoms with Crippen molar-refractivity contribution >= 4 is 21.5 Å². The summed E-state index contributed by atoms with van der Waals surface area (Å²) in [6.07, 6.45) is 0.377. The Labute approximate surface area is 131 Å². The maximum absolute atomic E-state index is 5.78. The van der Waals surface area contributed by atoms with Gasteiger partial charge in [0.05, 0.1) is 12.2 Å². The van der Waals surface area contributed by atoms with E-state index in [1.54, 1.807) is 0 Å². The van der Waals surface area contributed by atoms with Crippen LogP contribution in [0.1, 0.15) is 27.7 Å². The number of ether oxygens (including phenoxy) is 2. The second kappa shape index (κ2) is 5.88. The Morgan fingerprint density at radius 3 is 1.36 bits per heavy atom. The van der Waals surface area contributed by atoms with Crippen molar-refractivity contribution in [3.05, 3.63) is 48.5 Å². The van der Waals surface area contributed by atoms with Gasteiger partial charge in [-0.25, -0.2) is 0 Å². The normalized spacial score (nSPS) is 11.5. The van der Waals surface area contributed by atoms with Crippen LogP contribution in [-0.2, 0) is 0 Å². The highest BCUT2D eigenvalue weighted by atomic mass is 16.5. The van der Waals surface area contributed by atoms with Crippen LogP contribution >= 0.6 is 0 Å². The number of rotatable bonds is 4. The summed E-state index contributed by atoms with van der Waals surface area (Å²) in [6, 6.07) is 16.9. The average molecular weight is 294 g/mol. The van der Waals surface area contributed by atoms with E-state index in [9.17, 15) is 0 Å². The van der Waals surface area contributed by atoms with Crippen molar-refractivity contribution in [3.63, 3.8) is 0 Å². The van der Waals surface area contributed by atoms with E-state index in [2.05, 4.69) is 36.4 Å². The molecule has 0 fully saturated rings. The zero-order valence-electron chi connectivity index (χ0n) is 13.6. The third-order valence-corrected chi connectivity index (χ3v) is 3.52. The molecule has 3 aromatic carbocycles. The van der Waals surface area contributed by atoms with Crippen molar-refractivity contribution < 1.29 is 9.47 Å². The van der Waals surface area contributed by atoms with Gasteiger partial charge in [0.25, 0.3) is 0 Å². The van der Waals surface area contributed by atoms with Gasteiger partial charge in [0.1, 0.15) is 11.5 Å². The van der Waals surface area contributed by atoms with Crippen molar-refractivity contribution in [1.29, 1.82) is 0 Å². The third-order valence-electron chi connectivity index (χ3n) is 3.52. The van der Waals surface area contributed by atoms with E-state index < -0.39 is 0 Å². The highest BCUT2D eigenvalue weighted by Crippen LogP contribution is 2.31. The lowest BCUT2D eigenvalue weighted by Crippen LogP contribution is -2.05. The van der Waals surface area contributed by atoms with Gasteiger partial charge in [-0.15, -0.1) is 0 Å². The Morgan fingerprint density at radius 2 is 1.00 bits per heavy atom. The fourth-order valence-corrected chi connectivity index (χ4v) is 2.72. The number of fused-ring (bicyclic) bond motifs is 3. The third kappa shape index (κ3) is 3.01. The summed E-state index contributed by atoms with van der Waals surface area (Å²) in [5.41, 5.74) is 0. The first kappa shape index (κ1) is 14.7. The maximum Gasteiger partial charge on any atom is 0.120 e. The minimum Gasteiger partial charge on any atom is -0.491 e. The highest BCUT2D eigenvalue weighted by molar-refractivity contribution is 6.08. The fraction of sp³-hybridized carbons (Fsp3) is 0.300. The van der Waals surface area contributed by atoms with Crippen LogP contribution in [0.15, 0.2) is 48.5 Å². The Bertz CT molecular complexity index is 735. The largest absolute Gasteiger partial charge is 0.491 e. The van der Waals surface area contributed by atoms with Gasteiger partial charge in [0.15, 0.2) is 0 Å². The van der Waals surface area contributed by atoms with Gasteiger partial charge in [-0.05, 0) is 73.5 Å². The molecule has 2 nitrogen and oxygen atoms in total. The first-order chi connectivity index (χ1) is 10.5. The molecule has 3 aromatic rings. The Hall–Kier alpha value is -2.22. The molecule has 0 saturated carbocycles. The first-order valence-electron chi connectivity index (χ1n) is 7.83. The smallest absolute Gasteiger partial charge is 0.120 e. The molecule has 0 heterocycles. The zero-order valence-corrected chi connectivity index (χ0v) is 13.6. The van der Waals surface area contributed by atoms with Gasteiger partial charge in [0, 0.05) is 0 Å². The van der Waals surface area contributed by atoms with E-state index in [0.717, 1.165) is 11.5 Å². The summed E-state index contributed by atoms with van der Waals surface area (Å²) in [7, 11) is 0. The van der Waals surface area contributed by atoms with Crippen LogP contribution in [0.5, 0.6) is 11.5 Å². The van der Waals surface area contributed by atoms with Gasteiger partial charge >= 0.3 is 0 Å². The lowest BCUT2D eigenvalue weighted by atomic mass is 10.0. The summed E-state index contributed by atoms with van der Waals surface area (Å²) in [5.74, 6) is 1.84. The van der Waals surface area contributed by atoms with Crippen molar-refractivity contribution in [1.82, 2.24) is 0 Å². The van der Waals surface area contributed by atoms with Gasteiger partial charge in [0.2, 0.25) is 0 Å². The lowest BCUT2D eigenvalue weighted by molar-refractivity contribution is 0.242. The van der Waals surface area contributed by atoms with Crippen LogP contribution in [-0.4, -0.2) is 12.2 Å². The van der Waals surface area contributed by atoms with E-state index in [4.69, 9.17) is 9.47 Å². The molecule has 0 atom stereocenters. The van der Waals surface area contributed by atoms with Gasteiger partial charge < -0.3 is 9.47 Å². The number of hydrogen-bond donors (Lipinski definition) is 0. The quantitative estimate of drug-likeness (QED) is 0.586. The van der Waals surface area contributed by atoms with Gasteiger partial charge in [-0.1, -0.05) is 24.3 Å². The molecule has 0 unspecified atom stereocenters. The second-order valence-corrected chi connectivity index (χ2v) is 6.16. The molecular weight excluding hydrogens is 272 g/mol. The van der Waals surface area contributed by atoms with Crippen molar-refractivity contribution in [3.8, 4) is 11.5 Å². The number of benzene rings is 3. The molecule has 2 heteroatoms. The molecular formula is C20H22O2. The fourth-order valence-electron chi connectivity index (χ4n) is 2.72. The molecule has 0 aromatic heterocycles. The lowest BCUT2D eigenvalue weighted by Gasteiger charge is -2.13. The molecule has 0 saturated heterocycles. The summed E-state index contributed by atoms with van der Waals surface area (Å²) < 4.78 is 11.6. The molecule has 22 heavy (non-hydrogen) atoms. The molecule has 0 amide bonds. The zero-order chi connectivity index (χ0) is 15.7. The van der Waals surface area contributed by atoms with E-state index in [1.165, 1.54) is 21.5 Å². The molecule has 0 N–H and O–H groups in total. The highest BCUT2D eigenvalue weighted by Gasteiger charge is 2.05. The van der Waals surface area contributed by atoms with Gasteiger partial charge in [-0.2, -0.15) is 0 Å². The van der Waals surface area contributed by atoms with Crippen LogP contribution in [0.3, 0.4) is 0 Å². The van der Waals surface area contributed by atoms with E-state index in [-0.39, 0.29) is 12.2 Å². The molecule has 0 bridgehead atoms. The summed E-state index contributed by atoms with van der Waals surface area (Å²) in [5, 5.41) is 4.88. The SMILES string of the molecule is CC(C)Oc1ccc2c(ccc3cc(OC(C)C)ccc32)c1. The summed E-state index contributed by atoms with van der Waals surface area (Å²) in [4.78, 5) is 0. The van der Waals surface area contributed by atoms with Crippen molar-refractivity contribution in [2.75, 3.05) is 0 Å². The average Bonchev–Trinajstić information content (AvgIpc) is 2.45. The van der Waals surface area contributed by atoms with E-state index in [0.29, 0.717) is 0 Å². The van der Waals surface area contributed by atoms with Crippen molar-refractivity contribution in [2.45, 2.75) is 39.9 Å². The minimum atomic E-state index is 0.189. The van der Waals surface area contributed by atoms with E-state index in [1.807, 2.05) is 39.8 Å². The first-order valence-corrected chi connectivity index (χ1v) is 7.83. The minimum absolute atomic E-state index is 0.189. The molecule has 0 aliphatic heterocycles. The standard InChI is InChI=1S/C20H22O2/c1-13(2)21-17-7-9-19-15(11-17)5-6-16-12-18(22-14(3)4)8-10-20(16)19/h5-14H,1-4H3. The second-order valence-electron chi connectivity index (χ2n) is 6.16. The van der Waals surface area contributed by atoms with Crippen LogP contribution < -0.4 is 9.47 Å². The van der Waals surface area contributed by atoms with Crippen molar-refractivity contribution in [2.24, 2.45) is 0 Å². The monoisotopic (exact) mass is 294 g/mol. The maximum atomic E-state index is 5.78. The Kier molecular flexibility index (Phi) is 3.93. The molecule has 0 aliphatic carbocycles. The van der Waals surface area contributed by atoms with Crippen LogP contribution in [0, 0.1) is 0 Å². The molecule has 114 valence electrons. The van der Waals surface area contributed by atoms with E-state index >= 15 is 0 Å². The predicted octanol–water partition coefficient (Wildman–Crippen LogP) is 5.57. The molecule has 0 aliphatic rings.